The zero-order chi connectivity index (χ0) is 20.1. The van der Waals surface area contributed by atoms with Crippen LogP contribution in [0.4, 0.5) is 0 Å². The van der Waals surface area contributed by atoms with E-state index in [2.05, 4.69) is 48.6 Å². The molecule has 3 heterocycles. The van der Waals surface area contributed by atoms with Crippen molar-refractivity contribution < 1.29 is 5.11 Å². The molecule has 0 radical (unpaired) electrons. The van der Waals surface area contributed by atoms with Gasteiger partial charge >= 0.3 is 0 Å². The summed E-state index contributed by atoms with van der Waals surface area (Å²) in [5.74, 6) is 2.66. The van der Waals surface area contributed by atoms with Crippen molar-refractivity contribution in [2.75, 3.05) is 13.1 Å². The van der Waals surface area contributed by atoms with E-state index in [-0.39, 0.29) is 24.0 Å². The van der Waals surface area contributed by atoms with Crippen LogP contribution in [0.3, 0.4) is 0 Å². The average molecular weight is 540 g/mol. The summed E-state index contributed by atoms with van der Waals surface area (Å²) in [5, 5.41) is 27.0. The monoisotopic (exact) mass is 540 g/mol. The number of aryl methyl sites for hydroxylation is 1. The van der Waals surface area contributed by atoms with Gasteiger partial charge < -0.3 is 20.3 Å². The quantitative estimate of drug-likeness (QED) is 0.253. The van der Waals surface area contributed by atoms with Gasteiger partial charge in [-0.3, -0.25) is 0 Å². The van der Waals surface area contributed by atoms with Crippen LogP contribution < -0.4 is 10.6 Å². The molecular formula is C21H29IN6OS. The van der Waals surface area contributed by atoms with Gasteiger partial charge in [0.15, 0.2) is 11.8 Å². The largest absolute Gasteiger partial charge is 0.386 e. The summed E-state index contributed by atoms with van der Waals surface area (Å²) in [6.45, 7) is 4.63. The van der Waals surface area contributed by atoms with Gasteiger partial charge in [-0.05, 0) is 37.3 Å². The summed E-state index contributed by atoms with van der Waals surface area (Å²) in [5.41, 5.74) is 0. The second-order valence-electron chi connectivity index (χ2n) is 7.27. The predicted octanol–water partition coefficient (Wildman–Crippen LogP) is 3.63. The van der Waals surface area contributed by atoms with E-state index in [1.165, 1.54) is 29.3 Å². The van der Waals surface area contributed by atoms with Crippen LogP contribution in [0.5, 0.6) is 0 Å². The lowest BCUT2D eigenvalue weighted by atomic mass is 10.2. The van der Waals surface area contributed by atoms with Gasteiger partial charge in [0.1, 0.15) is 18.5 Å². The smallest absolute Gasteiger partial charge is 0.191 e. The molecule has 0 spiro atoms. The molecule has 1 atom stereocenters. The summed E-state index contributed by atoms with van der Waals surface area (Å²) in [7, 11) is 0. The average Bonchev–Trinajstić information content (AvgIpc) is 3.26. The molecule has 1 aliphatic rings. The molecule has 0 amide bonds. The second kappa shape index (κ2) is 11.1. The van der Waals surface area contributed by atoms with Crippen LogP contribution in [-0.4, -0.2) is 38.9 Å². The predicted molar refractivity (Wildman–Crippen MR) is 133 cm³/mol. The SMILES string of the molecule is CCNC(=NCc1nnc2n1CCCCC2)NCC(O)c1cc2ccccc2s1.I. The van der Waals surface area contributed by atoms with E-state index >= 15 is 0 Å². The summed E-state index contributed by atoms with van der Waals surface area (Å²) in [6, 6.07) is 10.2. The highest BCUT2D eigenvalue weighted by molar-refractivity contribution is 14.0. The van der Waals surface area contributed by atoms with Crippen LogP contribution in [0.15, 0.2) is 35.3 Å². The van der Waals surface area contributed by atoms with Crippen LogP contribution in [0.25, 0.3) is 10.1 Å². The molecule has 3 N–H and O–H groups in total. The Morgan fingerprint density at radius 2 is 2.10 bits per heavy atom. The Hall–Kier alpha value is -1.72. The highest BCUT2D eigenvalue weighted by Gasteiger charge is 2.15. The summed E-state index contributed by atoms with van der Waals surface area (Å²) in [4.78, 5) is 5.62. The maximum absolute atomic E-state index is 10.6. The number of fused-ring (bicyclic) bond motifs is 2. The van der Waals surface area contributed by atoms with E-state index in [4.69, 9.17) is 0 Å². The molecule has 0 aliphatic carbocycles. The molecule has 0 fully saturated rings. The van der Waals surface area contributed by atoms with Crippen molar-refractivity contribution in [2.24, 2.45) is 4.99 Å². The number of thiophene rings is 1. The zero-order valence-corrected chi connectivity index (χ0v) is 20.3. The van der Waals surface area contributed by atoms with Gasteiger partial charge in [0, 0.05) is 35.6 Å². The van der Waals surface area contributed by atoms with Crippen LogP contribution in [0, 0.1) is 0 Å². The molecule has 0 saturated heterocycles. The number of aliphatic hydroxyl groups excluding tert-OH is 1. The molecule has 0 bridgehead atoms. The molecule has 30 heavy (non-hydrogen) atoms. The number of nitrogens with zero attached hydrogens (tertiary/aromatic N) is 4. The third kappa shape index (κ3) is 5.50. The second-order valence-corrected chi connectivity index (χ2v) is 8.39. The molecular weight excluding hydrogens is 511 g/mol. The van der Waals surface area contributed by atoms with E-state index in [0.717, 1.165) is 36.0 Å². The van der Waals surface area contributed by atoms with Gasteiger partial charge in [0.05, 0.1) is 0 Å². The fourth-order valence-corrected chi connectivity index (χ4v) is 4.66. The number of aromatic nitrogens is 3. The molecule has 0 saturated carbocycles. The van der Waals surface area contributed by atoms with Gasteiger partial charge in [-0.25, -0.2) is 4.99 Å². The Morgan fingerprint density at radius 3 is 2.93 bits per heavy atom. The van der Waals surface area contributed by atoms with Crippen LogP contribution in [0.1, 0.15) is 48.8 Å². The van der Waals surface area contributed by atoms with Crippen molar-refractivity contribution in [1.82, 2.24) is 25.4 Å². The summed E-state index contributed by atoms with van der Waals surface area (Å²) >= 11 is 1.63. The number of aliphatic hydroxyl groups is 1. The molecule has 7 nitrogen and oxygen atoms in total. The maximum atomic E-state index is 10.6. The number of rotatable bonds is 6. The van der Waals surface area contributed by atoms with E-state index in [1.807, 2.05) is 19.1 Å². The van der Waals surface area contributed by atoms with E-state index in [0.29, 0.717) is 19.0 Å². The number of benzene rings is 1. The van der Waals surface area contributed by atoms with E-state index < -0.39 is 6.10 Å². The van der Waals surface area contributed by atoms with Crippen molar-refractivity contribution in [3.8, 4) is 0 Å². The number of hydrogen-bond acceptors (Lipinski definition) is 5. The van der Waals surface area contributed by atoms with Crippen molar-refractivity contribution in [2.45, 2.75) is 51.8 Å². The number of hydrogen-bond donors (Lipinski definition) is 3. The van der Waals surface area contributed by atoms with Gasteiger partial charge in [-0.2, -0.15) is 0 Å². The minimum atomic E-state index is -0.583. The number of guanidine groups is 1. The number of aliphatic imine (C=N–C) groups is 1. The van der Waals surface area contributed by atoms with Crippen LogP contribution in [-0.2, 0) is 19.5 Å². The Kier molecular flexibility index (Phi) is 8.46. The molecule has 4 rings (SSSR count). The third-order valence-electron chi connectivity index (χ3n) is 5.14. The topological polar surface area (TPSA) is 87.4 Å². The molecule has 2 aromatic heterocycles. The molecule has 1 aliphatic heterocycles. The van der Waals surface area contributed by atoms with Crippen molar-refractivity contribution in [1.29, 1.82) is 0 Å². The maximum Gasteiger partial charge on any atom is 0.191 e. The Balaban J connectivity index is 0.00000256. The molecule has 9 heteroatoms. The first-order chi connectivity index (χ1) is 14.2. The van der Waals surface area contributed by atoms with Crippen molar-refractivity contribution in [3.63, 3.8) is 0 Å². The first kappa shape index (κ1) is 23.0. The van der Waals surface area contributed by atoms with E-state index in [1.54, 1.807) is 11.3 Å². The van der Waals surface area contributed by atoms with Gasteiger partial charge in [-0.15, -0.1) is 45.5 Å². The van der Waals surface area contributed by atoms with Crippen molar-refractivity contribution in [3.05, 3.63) is 46.9 Å². The van der Waals surface area contributed by atoms with Crippen LogP contribution >= 0.6 is 35.3 Å². The Bertz CT molecular complexity index is 952. The Morgan fingerprint density at radius 1 is 1.23 bits per heavy atom. The van der Waals surface area contributed by atoms with Gasteiger partial charge in [-0.1, -0.05) is 24.6 Å². The minimum Gasteiger partial charge on any atom is -0.386 e. The molecule has 162 valence electrons. The summed E-state index contributed by atoms with van der Waals surface area (Å²) < 4.78 is 3.40. The molecule has 1 aromatic carbocycles. The Labute approximate surface area is 198 Å². The lowest BCUT2D eigenvalue weighted by Crippen LogP contribution is -2.39. The number of halogens is 1. The normalized spacial score (nSPS) is 15.2. The fourth-order valence-electron chi connectivity index (χ4n) is 3.61. The van der Waals surface area contributed by atoms with Gasteiger partial charge in [0.2, 0.25) is 0 Å². The van der Waals surface area contributed by atoms with Gasteiger partial charge in [0.25, 0.3) is 0 Å². The zero-order valence-electron chi connectivity index (χ0n) is 17.2. The number of nitrogens with one attached hydrogen (secondary N) is 2. The van der Waals surface area contributed by atoms with Crippen LogP contribution in [0.2, 0.25) is 0 Å². The highest BCUT2D eigenvalue weighted by Crippen LogP contribution is 2.29. The summed E-state index contributed by atoms with van der Waals surface area (Å²) in [6.07, 6.45) is 4.01. The first-order valence-corrected chi connectivity index (χ1v) is 11.2. The lowest BCUT2D eigenvalue weighted by molar-refractivity contribution is 0.184. The lowest BCUT2D eigenvalue weighted by Gasteiger charge is -2.14. The fraction of sp³-hybridized carbons (Fsp3) is 0.476. The highest BCUT2D eigenvalue weighted by atomic mass is 127. The van der Waals surface area contributed by atoms with E-state index in [9.17, 15) is 5.11 Å². The first-order valence-electron chi connectivity index (χ1n) is 10.3. The standard InChI is InChI=1S/C21H28N6OS.HI/c1-2-22-21(24-14-20-26-25-19-10-4-3-7-11-27(19)20)23-13-16(28)18-12-15-8-5-6-9-17(15)29-18;/h5-6,8-9,12,16,28H,2-4,7,10-11,13-14H2,1H3,(H2,22,23,24);1H. The minimum absolute atomic E-state index is 0. The van der Waals surface area contributed by atoms with Crippen molar-refractivity contribution >= 4 is 51.4 Å². The third-order valence-corrected chi connectivity index (χ3v) is 6.36. The molecule has 3 aromatic rings. The molecule has 1 unspecified atom stereocenters.